The summed E-state index contributed by atoms with van der Waals surface area (Å²) in [7, 11) is 3.02. The first-order valence-electron chi connectivity index (χ1n) is 10.8. The number of carbonyl (C=O) groups excluding carboxylic acids is 1. The zero-order valence-corrected chi connectivity index (χ0v) is 18.7. The van der Waals surface area contributed by atoms with Gasteiger partial charge in [0.25, 0.3) is 5.91 Å². The molecule has 0 radical (unpaired) electrons. The van der Waals surface area contributed by atoms with Gasteiger partial charge in [-0.05, 0) is 49.9 Å². The second-order valence-electron chi connectivity index (χ2n) is 7.57. The molecule has 0 spiro atoms. The molecule has 0 saturated carbocycles. The molecule has 0 bridgehead atoms. The van der Waals surface area contributed by atoms with Gasteiger partial charge in [0.1, 0.15) is 0 Å². The summed E-state index contributed by atoms with van der Waals surface area (Å²) in [6.45, 7) is 6.66. The van der Waals surface area contributed by atoms with Crippen LogP contribution in [0, 0.1) is 0 Å². The van der Waals surface area contributed by atoms with E-state index in [4.69, 9.17) is 19.9 Å². The van der Waals surface area contributed by atoms with Gasteiger partial charge in [-0.1, -0.05) is 6.08 Å². The van der Waals surface area contributed by atoms with Crippen LogP contribution in [0.3, 0.4) is 0 Å². The summed E-state index contributed by atoms with van der Waals surface area (Å²) in [4.78, 5) is 15.3. The number of carbonyl (C=O) groups is 1. The number of hydrogen-bond acceptors (Lipinski definition) is 6. The molecule has 7 nitrogen and oxygen atoms in total. The van der Waals surface area contributed by atoms with Crippen molar-refractivity contribution < 1.29 is 23.4 Å². The van der Waals surface area contributed by atoms with Crippen LogP contribution in [-0.4, -0.2) is 76.6 Å². The van der Waals surface area contributed by atoms with Crippen molar-refractivity contribution >= 4 is 5.91 Å². The molecule has 0 aromatic heterocycles. The molecule has 2 atom stereocenters. The highest BCUT2D eigenvalue weighted by molar-refractivity contribution is 5.98. The molecule has 0 unspecified atom stereocenters. The Hall–Kier alpha value is -2.16. The number of aryl methyl sites for hydroxylation is 1. The first-order chi connectivity index (χ1) is 15.1. The lowest BCUT2D eigenvalue weighted by molar-refractivity contribution is 0.0281. The number of hydrogen-bond donors (Lipinski definition) is 2. The van der Waals surface area contributed by atoms with Crippen LogP contribution < -0.4 is 20.5 Å². The standard InChI is InChI=1S/C23H36FN3O4/c1-4-11-27-12-8-20(31-13-6-10-25)19(27)16-26-23(28)18-14-17(7-5-9-24)15-21(29-2)22(18)30-3/h4,14-15,19-20H,1,5-13,16,25H2,2-3H3,(H,26,28)/t19-,20+/m1/s1. The van der Waals surface area contributed by atoms with E-state index in [1.54, 1.807) is 12.1 Å². The number of likely N-dealkylation sites (tertiary alicyclic amines) is 1. The monoisotopic (exact) mass is 437 g/mol. The van der Waals surface area contributed by atoms with Crippen molar-refractivity contribution in [2.24, 2.45) is 5.73 Å². The van der Waals surface area contributed by atoms with Crippen LogP contribution in [0.25, 0.3) is 0 Å². The maximum absolute atomic E-state index is 13.1. The van der Waals surface area contributed by atoms with Gasteiger partial charge in [-0.25, -0.2) is 0 Å². The molecule has 3 N–H and O–H groups in total. The van der Waals surface area contributed by atoms with Crippen LogP contribution in [0.2, 0.25) is 0 Å². The van der Waals surface area contributed by atoms with Crippen LogP contribution in [0.5, 0.6) is 11.5 Å². The zero-order valence-electron chi connectivity index (χ0n) is 18.7. The van der Waals surface area contributed by atoms with Crippen molar-refractivity contribution in [1.82, 2.24) is 10.2 Å². The lowest BCUT2D eigenvalue weighted by Gasteiger charge is -2.27. The fraction of sp³-hybridized carbons (Fsp3) is 0.609. The highest BCUT2D eigenvalue weighted by atomic mass is 19.1. The van der Waals surface area contributed by atoms with Crippen LogP contribution in [0.15, 0.2) is 24.8 Å². The normalized spacial score (nSPS) is 18.7. The quantitative estimate of drug-likeness (QED) is 0.343. The third kappa shape index (κ3) is 6.92. The molecule has 1 saturated heterocycles. The zero-order chi connectivity index (χ0) is 22.6. The van der Waals surface area contributed by atoms with Crippen molar-refractivity contribution in [1.29, 1.82) is 0 Å². The lowest BCUT2D eigenvalue weighted by atomic mass is 10.0. The van der Waals surface area contributed by atoms with E-state index in [0.717, 1.165) is 31.5 Å². The summed E-state index contributed by atoms with van der Waals surface area (Å²) in [5, 5.41) is 3.03. The number of rotatable bonds is 14. The average Bonchev–Trinajstić information content (AvgIpc) is 3.16. The van der Waals surface area contributed by atoms with Gasteiger partial charge in [0, 0.05) is 26.2 Å². The first kappa shape index (κ1) is 25.1. The Morgan fingerprint density at radius 2 is 2.16 bits per heavy atom. The Morgan fingerprint density at radius 3 is 2.81 bits per heavy atom. The van der Waals surface area contributed by atoms with Gasteiger partial charge in [0.05, 0.1) is 38.6 Å². The third-order valence-electron chi connectivity index (χ3n) is 5.50. The van der Waals surface area contributed by atoms with Gasteiger partial charge in [-0.2, -0.15) is 0 Å². The minimum absolute atomic E-state index is 0.0270. The molecule has 1 amide bonds. The molecule has 0 aliphatic carbocycles. The molecule has 1 heterocycles. The molecular weight excluding hydrogens is 401 g/mol. The summed E-state index contributed by atoms with van der Waals surface area (Å²) >= 11 is 0. The number of ether oxygens (including phenoxy) is 3. The molecular formula is C23H36FN3O4. The van der Waals surface area contributed by atoms with Crippen molar-refractivity contribution in [2.45, 2.75) is 37.8 Å². The highest BCUT2D eigenvalue weighted by Gasteiger charge is 2.34. The fourth-order valence-corrected chi connectivity index (χ4v) is 3.95. The topological polar surface area (TPSA) is 86.1 Å². The number of nitrogens with zero attached hydrogens (tertiary/aromatic N) is 1. The third-order valence-corrected chi connectivity index (χ3v) is 5.50. The van der Waals surface area contributed by atoms with Crippen molar-refractivity contribution in [3.05, 3.63) is 35.9 Å². The lowest BCUT2D eigenvalue weighted by Crippen LogP contribution is -2.45. The predicted molar refractivity (Wildman–Crippen MR) is 120 cm³/mol. The Kier molecular flexibility index (Phi) is 10.8. The molecule has 1 aromatic carbocycles. The summed E-state index contributed by atoms with van der Waals surface area (Å²) < 4.78 is 29.5. The molecule has 174 valence electrons. The van der Waals surface area contributed by atoms with Gasteiger partial charge < -0.3 is 25.3 Å². The molecule has 1 aromatic rings. The second kappa shape index (κ2) is 13.3. The number of alkyl halides is 1. The molecule has 1 aliphatic heterocycles. The molecule has 31 heavy (non-hydrogen) atoms. The Balaban J connectivity index is 2.15. The predicted octanol–water partition coefficient (Wildman–Crippen LogP) is 2.33. The van der Waals surface area contributed by atoms with Crippen LogP contribution in [-0.2, 0) is 11.2 Å². The van der Waals surface area contributed by atoms with Gasteiger partial charge >= 0.3 is 0 Å². The first-order valence-corrected chi connectivity index (χ1v) is 10.8. The van der Waals surface area contributed by atoms with E-state index in [1.165, 1.54) is 14.2 Å². The SMILES string of the molecule is C=CCN1CC[C@H](OCCCN)[C@H]1CNC(=O)c1cc(CCCF)cc(OC)c1OC. The van der Waals surface area contributed by atoms with Crippen LogP contribution in [0.4, 0.5) is 4.39 Å². The molecule has 2 rings (SSSR count). The Morgan fingerprint density at radius 1 is 1.35 bits per heavy atom. The summed E-state index contributed by atoms with van der Waals surface area (Å²) in [6.07, 6.45) is 4.49. The summed E-state index contributed by atoms with van der Waals surface area (Å²) in [5.74, 6) is 0.568. The average molecular weight is 438 g/mol. The number of nitrogens with one attached hydrogen (secondary N) is 1. The Labute approximate surface area is 184 Å². The maximum Gasteiger partial charge on any atom is 0.255 e. The molecule has 1 fully saturated rings. The largest absolute Gasteiger partial charge is 0.493 e. The van der Waals surface area contributed by atoms with E-state index >= 15 is 0 Å². The van der Waals surface area contributed by atoms with Gasteiger partial charge in [-0.3, -0.25) is 14.1 Å². The highest BCUT2D eigenvalue weighted by Crippen LogP contribution is 2.33. The molecule has 8 heteroatoms. The number of benzene rings is 1. The number of nitrogens with two attached hydrogens (primary N) is 1. The van der Waals surface area contributed by atoms with E-state index in [2.05, 4.69) is 16.8 Å². The van der Waals surface area contributed by atoms with E-state index in [0.29, 0.717) is 49.6 Å². The van der Waals surface area contributed by atoms with E-state index in [-0.39, 0.29) is 18.1 Å². The number of halogens is 1. The van der Waals surface area contributed by atoms with E-state index in [9.17, 15) is 9.18 Å². The second-order valence-corrected chi connectivity index (χ2v) is 7.57. The van der Waals surface area contributed by atoms with E-state index in [1.807, 2.05) is 6.08 Å². The molecule has 1 aliphatic rings. The van der Waals surface area contributed by atoms with Crippen molar-refractivity contribution in [3.63, 3.8) is 0 Å². The minimum Gasteiger partial charge on any atom is -0.493 e. The van der Waals surface area contributed by atoms with Crippen molar-refractivity contribution in [2.75, 3.05) is 53.7 Å². The van der Waals surface area contributed by atoms with Gasteiger partial charge in [0.2, 0.25) is 0 Å². The van der Waals surface area contributed by atoms with E-state index < -0.39 is 6.67 Å². The summed E-state index contributed by atoms with van der Waals surface area (Å²) in [6, 6.07) is 3.58. The van der Waals surface area contributed by atoms with Crippen LogP contribution in [0.1, 0.15) is 35.2 Å². The number of methoxy groups -OCH3 is 2. The van der Waals surface area contributed by atoms with Crippen molar-refractivity contribution in [3.8, 4) is 11.5 Å². The number of amides is 1. The fourth-order valence-electron chi connectivity index (χ4n) is 3.95. The van der Waals surface area contributed by atoms with Gasteiger partial charge in [0.15, 0.2) is 11.5 Å². The smallest absolute Gasteiger partial charge is 0.255 e. The maximum atomic E-state index is 13.1. The Bertz CT molecular complexity index is 716. The van der Waals surface area contributed by atoms with Crippen LogP contribution >= 0.6 is 0 Å². The van der Waals surface area contributed by atoms with Gasteiger partial charge in [-0.15, -0.1) is 6.58 Å². The minimum atomic E-state index is -0.414. The summed E-state index contributed by atoms with van der Waals surface area (Å²) in [5.41, 5.74) is 6.79.